The van der Waals surface area contributed by atoms with Crippen molar-refractivity contribution in [3.63, 3.8) is 0 Å². The van der Waals surface area contributed by atoms with Crippen LogP contribution in [-0.2, 0) is 6.54 Å². The van der Waals surface area contributed by atoms with Crippen molar-refractivity contribution in [3.8, 4) is 28.7 Å². The monoisotopic (exact) mass is 614 g/mol. The van der Waals surface area contributed by atoms with Crippen molar-refractivity contribution in [2.45, 2.75) is 26.0 Å². The number of aliphatic hydroxyl groups excluding tert-OH is 1. The predicted octanol–water partition coefficient (Wildman–Crippen LogP) is 7.06. The molecule has 1 unspecified atom stereocenters. The second-order valence-electron chi connectivity index (χ2n) is 11.2. The molecule has 0 aliphatic carbocycles. The number of nitriles is 1. The summed E-state index contributed by atoms with van der Waals surface area (Å²) in [6, 6.07) is 20.8. The number of nitrogens with one attached hydrogen (secondary N) is 1. The molecule has 0 spiro atoms. The normalized spacial score (nSPS) is 15.0. The fourth-order valence-corrected chi connectivity index (χ4v) is 6.22. The number of halogens is 1. The number of rotatable bonds is 7. The van der Waals surface area contributed by atoms with E-state index in [1.165, 1.54) is 6.07 Å². The van der Waals surface area contributed by atoms with E-state index in [4.69, 9.17) is 21.0 Å². The van der Waals surface area contributed by atoms with Crippen LogP contribution in [-0.4, -0.2) is 50.4 Å². The Labute approximate surface area is 263 Å². The van der Waals surface area contributed by atoms with Crippen molar-refractivity contribution in [1.29, 1.82) is 5.26 Å². The van der Waals surface area contributed by atoms with E-state index < -0.39 is 0 Å². The maximum Gasteiger partial charge on any atom is 0.227 e. The molecule has 2 N–H and O–H groups in total. The van der Waals surface area contributed by atoms with Gasteiger partial charge in [-0.2, -0.15) is 5.26 Å². The number of hydrogen-bond donors (Lipinski definition) is 2. The van der Waals surface area contributed by atoms with Gasteiger partial charge in [-0.3, -0.25) is 14.7 Å². The number of likely N-dealkylation sites (tertiary alicyclic amines) is 1. The van der Waals surface area contributed by atoms with Gasteiger partial charge in [-0.25, -0.2) is 9.97 Å². The molecule has 3 aromatic carbocycles. The van der Waals surface area contributed by atoms with Gasteiger partial charge in [0, 0.05) is 54.1 Å². The van der Waals surface area contributed by atoms with Crippen molar-refractivity contribution in [2.24, 2.45) is 0 Å². The molecule has 1 fully saturated rings. The van der Waals surface area contributed by atoms with Crippen LogP contribution in [0.25, 0.3) is 44.6 Å². The summed E-state index contributed by atoms with van der Waals surface area (Å²) in [4.78, 5) is 27.5. The van der Waals surface area contributed by atoms with Crippen LogP contribution < -0.4 is 5.32 Å². The number of carbonyl (C=O) groups is 1. The van der Waals surface area contributed by atoms with Crippen molar-refractivity contribution in [2.75, 3.05) is 18.4 Å². The molecule has 1 atom stereocenters. The van der Waals surface area contributed by atoms with E-state index in [0.717, 1.165) is 58.2 Å². The molecule has 1 saturated heterocycles. The number of oxazole rings is 1. The van der Waals surface area contributed by atoms with E-state index in [1.54, 1.807) is 12.3 Å². The second kappa shape index (κ2) is 11.7. The van der Waals surface area contributed by atoms with E-state index in [1.807, 2.05) is 55.6 Å². The molecule has 4 heterocycles. The summed E-state index contributed by atoms with van der Waals surface area (Å²) in [5.41, 5.74) is 7.21. The fourth-order valence-electron chi connectivity index (χ4n) is 5.94. The molecule has 0 bridgehead atoms. The van der Waals surface area contributed by atoms with Gasteiger partial charge >= 0.3 is 0 Å². The lowest BCUT2D eigenvalue weighted by molar-refractivity contribution is 0.112. The summed E-state index contributed by atoms with van der Waals surface area (Å²) < 4.78 is 6.05. The molecule has 45 heavy (non-hydrogen) atoms. The highest BCUT2D eigenvalue weighted by Crippen LogP contribution is 2.40. The highest BCUT2D eigenvalue weighted by molar-refractivity contribution is 6.36. The molecular formula is C35H27ClN6O3. The number of anilines is 2. The minimum absolute atomic E-state index is 0.253. The van der Waals surface area contributed by atoms with E-state index in [9.17, 15) is 15.2 Å². The average molecular weight is 615 g/mol. The lowest BCUT2D eigenvalue weighted by atomic mass is 9.96. The first-order chi connectivity index (χ1) is 21.9. The SMILES string of the molecule is Cc1c(-c2nc3cc(C=O)cc(C#N)c3o2)cccc1-c1cccc(Nc2nccc3cc(CN4CCC(O)C4)cnc23)c1Cl. The molecule has 9 nitrogen and oxygen atoms in total. The largest absolute Gasteiger partial charge is 0.435 e. The number of aromatic nitrogens is 3. The van der Waals surface area contributed by atoms with Crippen LogP contribution in [0.2, 0.25) is 5.02 Å². The fraction of sp³-hybridized carbons (Fsp3) is 0.171. The molecule has 0 amide bonds. The van der Waals surface area contributed by atoms with E-state index in [2.05, 4.69) is 32.3 Å². The lowest BCUT2D eigenvalue weighted by Gasteiger charge is -2.16. The van der Waals surface area contributed by atoms with Crippen molar-refractivity contribution >= 4 is 51.4 Å². The molecule has 1 aliphatic rings. The van der Waals surface area contributed by atoms with Crippen LogP contribution in [0.4, 0.5) is 11.5 Å². The van der Waals surface area contributed by atoms with Gasteiger partial charge < -0.3 is 14.8 Å². The Balaban J connectivity index is 1.21. The molecule has 1 aliphatic heterocycles. The molecule has 7 rings (SSSR count). The number of benzene rings is 3. The lowest BCUT2D eigenvalue weighted by Crippen LogP contribution is -2.21. The van der Waals surface area contributed by atoms with Crippen molar-refractivity contribution < 1.29 is 14.3 Å². The zero-order valence-electron chi connectivity index (χ0n) is 24.3. The first-order valence-electron chi connectivity index (χ1n) is 14.5. The van der Waals surface area contributed by atoms with Crippen molar-refractivity contribution in [3.05, 3.63) is 100 Å². The Hall–Kier alpha value is -5.14. The maximum absolute atomic E-state index is 11.4. The third kappa shape index (κ3) is 5.40. The van der Waals surface area contributed by atoms with Gasteiger partial charge in [-0.1, -0.05) is 35.9 Å². The summed E-state index contributed by atoms with van der Waals surface area (Å²) in [6.07, 6.45) is 4.83. The Morgan fingerprint density at radius 2 is 1.96 bits per heavy atom. The Kier molecular flexibility index (Phi) is 7.47. The zero-order valence-corrected chi connectivity index (χ0v) is 25.0. The van der Waals surface area contributed by atoms with Gasteiger partial charge in [-0.15, -0.1) is 0 Å². The summed E-state index contributed by atoms with van der Waals surface area (Å²) >= 11 is 7.04. The minimum Gasteiger partial charge on any atom is -0.435 e. The number of β-amino-alcohol motifs (C(OH)–C–C–N with tert-alkyl or cyclic N) is 1. The van der Waals surface area contributed by atoms with Gasteiger partial charge in [0.15, 0.2) is 11.4 Å². The number of carbonyl (C=O) groups excluding carboxylic acids is 1. The third-order valence-electron chi connectivity index (χ3n) is 8.18. The van der Waals surface area contributed by atoms with Gasteiger partial charge in [0.1, 0.15) is 23.4 Å². The van der Waals surface area contributed by atoms with Crippen LogP contribution in [0, 0.1) is 18.3 Å². The number of hydrogen-bond acceptors (Lipinski definition) is 9. The van der Waals surface area contributed by atoms with Crippen LogP contribution in [0.3, 0.4) is 0 Å². The van der Waals surface area contributed by atoms with E-state index >= 15 is 0 Å². The number of fused-ring (bicyclic) bond motifs is 2. The smallest absolute Gasteiger partial charge is 0.227 e. The molecule has 10 heteroatoms. The number of aldehydes is 1. The molecule has 3 aromatic heterocycles. The van der Waals surface area contributed by atoms with Gasteiger partial charge in [0.25, 0.3) is 0 Å². The van der Waals surface area contributed by atoms with Gasteiger partial charge in [0.2, 0.25) is 5.89 Å². The Morgan fingerprint density at radius 3 is 2.76 bits per heavy atom. The highest BCUT2D eigenvalue weighted by atomic mass is 35.5. The molecule has 222 valence electrons. The quantitative estimate of drug-likeness (QED) is 0.182. The van der Waals surface area contributed by atoms with Gasteiger partial charge in [0.05, 0.1) is 22.4 Å². The van der Waals surface area contributed by atoms with E-state index in [0.29, 0.717) is 51.9 Å². The average Bonchev–Trinajstić information content (AvgIpc) is 3.67. The number of aliphatic hydroxyl groups is 1. The molecule has 6 aromatic rings. The summed E-state index contributed by atoms with van der Waals surface area (Å²) in [5, 5.41) is 24.3. The third-order valence-corrected chi connectivity index (χ3v) is 8.59. The van der Waals surface area contributed by atoms with Crippen LogP contribution in [0.15, 0.2) is 77.5 Å². The number of nitrogens with zero attached hydrogens (tertiary/aromatic N) is 5. The number of pyridine rings is 2. The Morgan fingerprint density at radius 1 is 1.13 bits per heavy atom. The standard InChI is InChI=1S/C35H27ClN6O3/c1-20-26(4-2-5-27(20)35-41-30-14-21(19-43)12-24(15-37)33(30)45-35)28-6-3-7-29(31(28)36)40-34-32-23(8-10-38-34)13-22(16-39-32)17-42-11-9-25(44)18-42/h2-8,10,12-14,16,19,25,44H,9,11,17-18H2,1H3,(H,38,40). The maximum atomic E-state index is 11.4. The molecular weight excluding hydrogens is 588 g/mol. The first-order valence-corrected chi connectivity index (χ1v) is 14.9. The first kappa shape index (κ1) is 28.6. The summed E-state index contributed by atoms with van der Waals surface area (Å²) in [5.74, 6) is 0.940. The topological polar surface area (TPSA) is 128 Å². The van der Waals surface area contributed by atoms with Gasteiger partial charge in [-0.05, 0) is 66.4 Å². The zero-order chi connectivity index (χ0) is 31.1. The van der Waals surface area contributed by atoms with Crippen LogP contribution >= 0.6 is 11.6 Å². The predicted molar refractivity (Wildman–Crippen MR) is 173 cm³/mol. The van der Waals surface area contributed by atoms with Crippen LogP contribution in [0.1, 0.15) is 33.5 Å². The summed E-state index contributed by atoms with van der Waals surface area (Å²) in [6.45, 7) is 4.26. The Bertz CT molecular complexity index is 2150. The summed E-state index contributed by atoms with van der Waals surface area (Å²) in [7, 11) is 0. The van der Waals surface area contributed by atoms with E-state index in [-0.39, 0.29) is 11.7 Å². The highest BCUT2D eigenvalue weighted by Gasteiger charge is 2.21. The van der Waals surface area contributed by atoms with Crippen molar-refractivity contribution in [1.82, 2.24) is 19.9 Å². The van der Waals surface area contributed by atoms with Crippen LogP contribution in [0.5, 0.6) is 0 Å². The molecule has 0 radical (unpaired) electrons. The minimum atomic E-state index is -0.262. The molecule has 0 saturated carbocycles. The second-order valence-corrected chi connectivity index (χ2v) is 11.6.